The Kier molecular flexibility index (Phi) is 5.62. The average molecular weight is 486 g/mol. The van der Waals surface area contributed by atoms with Crippen molar-refractivity contribution in [2.24, 2.45) is 0 Å². The minimum absolute atomic E-state index is 0.00800. The molecule has 0 radical (unpaired) electrons. The predicted octanol–water partition coefficient (Wildman–Crippen LogP) is 6.28. The number of H-pyrrole nitrogens is 1. The van der Waals surface area contributed by atoms with Gasteiger partial charge in [-0.15, -0.1) is 0 Å². The molecule has 0 fully saturated rings. The summed E-state index contributed by atoms with van der Waals surface area (Å²) in [6, 6.07) is 18.6. The third kappa shape index (κ3) is 4.18. The number of nitrogens with zero attached hydrogens (tertiary/aromatic N) is 1. The Morgan fingerprint density at radius 1 is 1.03 bits per heavy atom. The smallest absolute Gasteiger partial charge is 0.273 e. The number of ketones is 1. The molecular formula is C27H20ClN3O4. The van der Waals surface area contributed by atoms with Gasteiger partial charge in [0.2, 0.25) is 5.78 Å². The number of hydrogen-bond donors (Lipinski definition) is 3. The number of aryl methyl sites for hydroxylation is 2. The lowest BCUT2D eigenvalue weighted by atomic mass is 10.0. The molecule has 0 spiro atoms. The Labute approximate surface area is 205 Å². The van der Waals surface area contributed by atoms with E-state index >= 15 is 0 Å². The number of furan rings is 1. The van der Waals surface area contributed by atoms with E-state index in [0.717, 1.165) is 11.1 Å². The van der Waals surface area contributed by atoms with E-state index in [1.54, 1.807) is 60.7 Å². The number of phenols is 1. The Morgan fingerprint density at radius 2 is 1.77 bits per heavy atom. The summed E-state index contributed by atoms with van der Waals surface area (Å²) in [5, 5.41) is 21.2. The largest absolute Gasteiger partial charge is 0.507 e. The van der Waals surface area contributed by atoms with Gasteiger partial charge in [0.15, 0.2) is 5.76 Å². The van der Waals surface area contributed by atoms with Crippen molar-refractivity contribution in [3.05, 3.63) is 99.9 Å². The number of amides is 1. The highest BCUT2D eigenvalue weighted by atomic mass is 35.5. The van der Waals surface area contributed by atoms with E-state index in [9.17, 15) is 14.7 Å². The molecule has 8 heteroatoms. The zero-order valence-electron chi connectivity index (χ0n) is 18.8. The highest BCUT2D eigenvalue weighted by molar-refractivity contribution is 6.30. The van der Waals surface area contributed by atoms with E-state index in [-0.39, 0.29) is 22.9 Å². The zero-order valence-corrected chi connectivity index (χ0v) is 19.6. The van der Waals surface area contributed by atoms with Crippen LogP contribution >= 0.6 is 11.6 Å². The van der Waals surface area contributed by atoms with Gasteiger partial charge in [0, 0.05) is 21.5 Å². The first-order valence-corrected chi connectivity index (χ1v) is 11.2. The van der Waals surface area contributed by atoms with Crippen LogP contribution in [0.2, 0.25) is 5.02 Å². The molecule has 3 aromatic carbocycles. The van der Waals surface area contributed by atoms with Gasteiger partial charge in [-0.3, -0.25) is 14.7 Å². The van der Waals surface area contributed by atoms with Crippen LogP contribution < -0.4 is 5.32 Å². The maximum absolute atomic E-state index is 13.2. The fourth-order valence-corrected chi connectivity index (χ4v) is 4.21. The number of benzene rings is 3. The summed E-state index contributed by atoms with van der Waals surface area (Å²) in [5.74, 6) is -0.811. The Bertz CT molecular complexity index is 1580. The van der Waals surface area contributed by atoms with Crippen molar-refractivity contribution in [3.8, 4) is 17.0 Å². The van der Waals surface area contributed by atoms with E-state index < -0.39 is 11.7 Å². The lowest BCUT2D eigenvalue weighted by Gasteiger charge is -2.07. The first kappa shape index (κ1) is 22.4. The number of nitrogens with one attached hydrogen (secondary N) is 2. The van der Waals surface area contributed by atoms with Crippen LogP contribution in [0.15, 0.2) is 71.1 Å². The van der Waals surface area contributed by atoms with Gasteiger partial charge in [-0.2, -0.15) is 5.10 Å². The molecule has 0 bridgehead atoms. The SMILES string of the molecule is Cc1cc(C)c(-c2cc(C(=O)Nc3c(C(=O)c4ccc(Cl)cc4)oc4ccccc34)[nH]n2)c(O)c1. The molecule has 0 unspecified atom stereocenters. The second-order valence-electron chi connectivity index (χ2n) is 8.24. The minimum atomic E-state index is -0.510. The molecule has 0 saturated carbocycles. The average Bonchev–Trinajstić information content (AvgIpc) is 3.44. The molecule has 3 N–H and O–H groups in total. The van der Waals surface area contributed by atoms with Crippen molar-refractivity contribution in [1.82, 2.24) is 10.2 Å². The van der Waals surface area contributed by atoms with Crippen molar-refractivity contribution < 1.29 is 19.1 Å². The summed E-state index contributed by atoms with van der Waals surface area (Å²) in [6.45, 7) is 3.75. The molecule has 2 heterocycles. The first-order chi connectivity index (χ1) is 16.8. The normalized spacial score (nSPS) is 11.1. The van der Waals surface area contributed by atoms with E-state index in [2.05, 4.69) is 15.5 Å². The lowest BCUT2D eigenvalue weighted by molar-refractivity contribution is 0.101. The van der Waals surface area contributed by atoms with E-state index in [4.69, 9.17) is 16.0 Å². The Balaban J connectivity index is 1.51. The summed E-state index contributed by atoms with van der Waals surface area (Å²) >= 11 is 5.95. The molecule has 0 saturated heterocycles. The van der Waals surface area contributed by atoms with Gasteiger partial charge in [0.25, 0.3) is 5.91 Å². The highest BCUT2D eigenvalue weighted by Gasteiger charge is 2.25. The number of halogens is 1. The number of phenolic OH excluding ortho intramolecular Hbond substituents is 1. The lowest BCUT2D eigenvalue weighted by Crippen LogP contribution is -2.14. The zero-order chi connectivity index (χ0) is 24.7. The van der Waals surface area contributed by atoms with Crippen molar-refractivity contribution in [1.29, 1.82) is 0 Å². The molecule has 5 aromatic rings. The van der Waals surface area contributed by atoms with Crippen molar-refractivity contribution in [3.63, 3.8) is 0 Å². The molecule has 5 rings (SSSR count). The summed E-state index contributed by atoms with van der Waals surface area (Å²) in [4.78, 5) is 26.4. The highest BCUT2D eigenvalue weighted by Crippen LogP contribution is 2.35. The van der Waals surface area contributed by atoms with Gasteiger partial charge < -0.3 is 14.8 Å². The number of carbonyl (C=O) groups excluding carboxylic acids is 2. The number of aromatic hydroxyl groups is 1. The molecule has 1 amide bonds. The van der Waals surface area contributed by atoms with Crippen molar-refractivity contribution >= 4 is 39.9 Å². The second kappa shape index (κ2) is 8.77. The number of carbonyl (C=O) groups is 2. The number of rotatable bonds is 5. The van der Waals surface area contributed by atoms with Crippen LogP contribution in [0.25, 0.3) is 22.2 Å². The van der Waals surface area contributed by atoms with Crippen LogP contribution in [0, 0.1) is 13.8 Å². The van der Waals surface area contributed by atoms with Crippen molar-refractivity contribution in [2.75, 3.05) is 5.32 Å². The van der Waals surface area contributed by atoms with Crippen molar-refractivity contribution in [2.45, 2.75) is 13.8 Å². The van der Waals surface area contributed by atoms with Crippen LogP contribution in [0.5, 0.6) is 5.75 Å². The number of hydrogen-bond acceptors (Lipinski definition) is 5. The Morgan fingerprint density at radius 3 is 2.51 bits per heavy atom. The van der Waals surface area contributed by atoms with E-state index in [1.807, 2.05) is 19.9 Å². The standard InChI is InChI=1S/C27H20ClN3O4/c1-14-11-15(2)23(21(32)12-14)19-13-20(31-30-19)27(34)29-24-18-5-3-4-6-22(18)35-26(24)25(33)16-7-9-17(28)10-8-16/h3-13,32H,1-2H3,(H,29,34)(H,30,31). The van der Waals surface area contributed by atoms with E-state index in [1.165, 1.54) is 0 Å². The van der Waals surface area contributed by atoms with Gasteiger partial charge in [0.05, 0.1) is 11.4 Å². The van der Waals surface area contributed by atoms with Gasteiger partial charge in [-0.25, -0.2) is 0 Å². The molecule has 7 nitrogen and oxygen atoms in total. The second-order valence-corrected chi connectivity index (χ2v) is 8.67. The monoisotopic (exact) mass is 485 g/mol. The number of fused-ring (bicyclic) bond motifs is 1. The van der Waals surface area contributed by atoms with Gasteiger partial charge in [-0.05, 0) is 73.5 Å². The maximum atomic E-state index is 13.2. The molecule has 174 valence electrons. The van der Waals surface area contributed by atoms with Gasteiger partial charge >= 0.3 is 0 Å². The summed E-state index contributed by atoms with van der Waals surface area (Å²) in [7, 11) is 0. The molecular weight excluding hydrogens is 466 g/mol. The number of aromatic amines is 1. The van der Waals surface area contributed by atoms with Crippen LogP contribution in [-0.2, 0) is 0 Å². The third-order valence-electron chi connectivity index (χ3n) is 5.68. The third-order valence-corrected chi connectivity index (χ3v) is 5.94. The number of aromatic nitrogens is 2. The Hall–Kier alpha value is -4.36. The van der Waals surface area contributed by atoms with Crippen LogP contribution in [0.3, 0.4) is 0 Å². The predicted molar refractivity (Wildman–Crippen MR) is 134 cm³/mol. The summed E-state index contributed by atoms with van der Waals surface area (Å²) in [5.41, 5.74) is 3.98. The number of para-hydroxylation sites is 1. The number of anilines is 1. The first-order valence-electron chi connectivity index (χ1n) is 10.8. The molecule has 0 atom stereocenters. The summed E-state index contributed by atoms with van der Waals surface area (Å²) < 4.78 is 5.84. The van der Waals surface area contributed by atoms with Gasteiger partial charge in [-0.1, -0.05) is 29.8 Å². The minimum Gasteiger partial charge on any atom is -0.507 e. The van der Waals surface area contributed by atoms with Crippen LogP contribution in [0.1, 0.15) is 37.7 Å². The molecule has 0 aliphatic rings. The van der Waals surface area contributed by atoms with Crippen LogP contribution in [-0.4, -0.2) is 27.0 Å². The van der Waals surface area contributed by atoms with Crippen LogP contribution in [0.4, 0.5) is 5.69 Å². The van der Waals surface area contributed by atoms with E-state index in [0.29, 0.717) is 32.8 Å². The maximum Gasteiger partial charge on any atom is 0.273 e. The summed E-state index contributed by atoms with van der Waals surface area (Å²) in [6.07, 6.45) is 0. The molecule has 0 aliphatic carbocycles. The molecule has 35 heavy (non-hydrogen) atoms. The quantitative estimate of drug-likeness (QED) is 0.254. The topological polar surface area (TPSA) is 108 Å². The molecule has 2 aromatic heterocycles. The fourth-order valence-electron chi connectivity index (χ4n) is 4.09. The molecule has 0 aliphatic heterocycles. The fraction of sp³-hybridized carbons (Fsp3) is 0.0741. The van der Waals surface area contributed by atoms with Gasteiger partial charge in [0.1, 0.15) is 17.0 Å².